The molecule has 2 fully saturated rings. The summed E-state index contributed by atoms with van der Waals surface area (Å²) in [6, 6.07) is 3.34. The molecule has 0 aromatic carbocycles. The minimum absolute atomic E-state index is 0.0989. The van der Waals surface area contributed by atoms with Gasteiger partial charge in [-0.2, -0.15) is 4.31 Å². The van der Waals surface area contributed by atoms with Crippen LogP contribution in [0.4, 0.5) is 5.82 Å². The third-order valence-electron chi connectivity index (χ3n) is 4.35. The number of fused-ring (bicyclic) bond motifs is 1. The zero-order chi connectivity index (χ0) is 13.5. The molecule has 1 saturated heterocycles. The first kappa shape index (κ1) is 12.9. The van der Waals surface area contributed by atoms with E-state index in [1.165, 1.54) is 12.6 Å². The van der Waals surface area contributed by atoms with Gasteiger partial charge in [-0.05, 0) is 37.3 Å². The largest absolute Gasteiger partial charge is 0.383 e. The van der Waals surface area contributed by atoms with Crippen molar-refractivity contribution in [1.82, 2.24) is 9.29 Å². The predicted molar refractivity (Wildman–Crippen MR) is 72.9 cm³/mol. The van der Waals surface area contributed by atoms with Crippen molar-refractivity contribution in [3.05, 3.63) is 18.3 Å². The molecule has 1 aromatic rings. The van der Waals surface area contributed by atoms with Crippen LogP contribution in [0.25, 0.3) is 0 Å². The Hall–Kier alpha value is -1.14. The molecule has 1 aromatic heterocycles. The van der Waals surface area contributed by atoms with Gasteiger partial charge in [0, 0.05) is 18.8 Å². The molecule has 2 heterocycles. The lowest BCUT2D eigenvalue weighted by Gasteiger charge is -2.31. The summed E-state index contributed by atoms with van der Waals surface area (Å²) in [6.45, 7) is 0.617. The first-order chi connectivity index (χ1) is 9.10. The molecular weight excluding hydrogens is 262 g/mol. The summed E-state index contributed by atoms with van der Waals surface area (Å²) in [5.74, 6) is 0.628. The first-order valence-electron chi connectivity index (χ1n) is 6.83. The molecule has 104 valence electrons. The Kier molecular flexibility index (Phi) is 3.22. The number of aromatic nitrogens is 1. The fourth-order valence-electron chi connectivity index (χ4n) is 3.41. The highest BCUT2D eigenvalue weighted by atomic mass is 32.2. The van der Waals surface area contributed by atoms with Crippen LogP contribution in [0.3, 0.4) is 0 Å². The predicted octanol–water partition coefficient (Wildman–Crippen LogP) is 1.62. The van der Waals surface area contributed by atoms with E-state index < -0.39 is 10.0 Å². The zero-order valence-electron chi connectivity index (χ0n) is 10.8. The normalized spacial score (nSPS) is 28.2. The van der Waals surface area contributed by atoms with E-state index in [9.17, 15) is 8.42 Å². The summed E-state index contributed by atoms with van der Waals surface area (Å²) < 4.78 is 27.1. The molecule has 2 aliphatic rings. The monoisotopic (exact) mass is 281 g/mol. The van der Waals surface area contributed by atoms with Crippen molar-refractivity contribution in [3.8, 4) is 0 Å². The van der Waals surface area contributed by atoms with Crippen LogP contribution < -0.4 is 5.73 Å². The fourth-order valence-corrected chi connectivity index (χ4v) is 5.21. The third-order valence-corrected chi connectivity index (χ3v) is 6.32. The van der Waals surface area contributed by atoms with E-state index in [2.05, 4.69) is 4.98 Å². The quantitative estimate of drug-likeness (QED) is 0.893. The van der Waals surface area contributed by atoms with Crippen LogP contribution in [0, 0.1) is 5.92 Å². The third kappa shape index (κ3) is 2.12. The summed E-state index contributed by atoms with van der Waals surface area (Å²) in [4.78, 5) is 4.05. The highest BCUT2D eigenvalue weighted by molar-refractivity contribution is 7.89. The van der Waals surface area contributed by atoms with E-state index in [4.69, 9.17) is 5.73 Å². The molecule has 0 radical (unpaired) electrons. The Balaban J connectivity index is 1.95. The molecule has 2 unspecified atom stereocenters. The van der Waals surface area contributed by atoms with Gasteiger partial charge in [0.1, 0.15) is 10.7 Å². The Morgan fingerprint density at radius 1 is 1.26 bits per heavy atom. The summed E-state index contributed by atoms with van der Waals surface area (Å²) in [5.41, 5.74) is 5.73. The van der Waals surface area contributed by atoms with E-state index in [1.807, 2.05) is 0 Å². The van der Waals surface area contributed by atoms with Gasteiger partial charge in [0.25, 0.3) is 0 Å². The highest BCUT2D eigenvalue weighted by Crippen LogP contribution is 2.39. The van der Waals surface area contributed by atoms with E-state index in [1.54, 1.807) is 16.4 Å². The number of sulfonamides is 1. The second-order valence-electron chi connectivity index (χ2n) is 5.40. The SMILES string of the molecule is Nc1ncccc1S(=O)(=O)N1CCC2CCCCC21. The average Bonchev–Trinajstić information content (AvgIpc) is 2.83. The molecule has 1 aliphatic heterocycles. The maximum Gasteiger partial charge on any atom is 0.246 e. The second-order valence-corrected chi connectivity index (χ2v) is 7.26. The summed E-state index contributed by atoms with van der Waals surface area (Å²) >= 11 is 0. The number of nitrogens with two attached hydrogens (primary N) is 1. The van der Waals surface area contributed by atoms with E-state index in [-0.39, 0.29) is 16.8 Å². The van der Waals surface area contributed by atoms with Gasteiger partial charge in [-0.1, -0.05) is 12.8 Å². The summed E-state index contributed by atoms with van der Waals surface area (Å²) in [7, 11) is -3.49. The number of nitrogens with zero attached hydrogens (tertiary/aromatic N) is 2. The van der Waals surface area contributed by atoms with Gasteiger partial charge in [0.05, 0.1) is 0 Å². The van der Waals surface area contributed by atoms with Gasteiger partial charge < -0.3 is 5.73 Å². The standard InChI is InChI=1S/C13H19N3O2S/c14-13-12(6-3-8-15-13)19(17,18)16-9-7-10-4-1-2-5-11(10)16/h3,6,8,10-11H,1-2,4-5,7,9H2,(H2,14,15). The molecule has 1 saturated carbocycles. The topological polar surface area (TPSA) is 76.3 Å². The molecule has 6 heteroatoms. The fraction of sp³-hybridized carbons (Fsp3) is 0.615. The molecular formula is C13H19N3O2S. The Labute approximate surface area is 113 Å². The lowest BCUT2D eigenvalue weighted by molar-refractivity contribution is 0.260. The molecule has 5 nitrogen and oxygen atoms in total. The van der Waals surface area contributed by atoms with E-state index >= 15 is 0 Å². The first-order valence-corrected chi connectivity index (χ1v) is 8.27. The average molecular weight is 281 g/mol. The van der Waals surface area contributed by atoms with E-state index in [0.717, 1.165) is 25.7 Å². The van der Waals surface area contributed by atoms with Crippen LogP contribution in [0.15, 0.2) is 23.2 Å². The van der Waals surface area contributed by atoms with Crippen LogP contribution in [0.1, 0.15) is 32.1 Å². The van der Waals surface area contributed by atoms with Crippen LogP contribution in [-0.4, -0.2) is 30.3 Å². The summed E-state index contributed by atoms with van der Waals surface area (Å²) in [5, 5.41) is 0. The molecule has 2 N–H and O–H groups in total. The number of anilines is 1. The molecule has 3 rings (SSSR count). The summed E-state index contributed by atoms with van der Waals surface area (Å²) in [6.07, 6.45) is 6.97. The second kappa shape index (κ2) is 4.76. The number of rotatable bonds is 2. The van der Waals surface area contributed by atoms with Gasteiger partial charge >= 0.3 is 0 Å². The van der Waals surface area contributed by atoms with Crippen LogP contribution >= 0.6 is 0 Å². The molecule has 0 bridgehead atoms. The number of hydrogen-bond acceptors (Lipinski definition) is 4. The van der Waals surface area contributed by atoms with Crippen molar-refractivity contribution < 1.29 is 8.42 Å². The smallest absolute Gasteiger partial charge is 0.246 e. The maximum atomic E-state index is 12.7. The van der Waals surface area contributed by atoms with Crippen molar-refractivity contribution in [2.75, 3.05) is 12.3 Å². The van der Waals surface area contributed by atoms with Crippen molar-refractivity contribution in [1.29, 1.82) is 0 Å². The van der Waals surface area contributed by atoms with Crippen molar-refractivity contribution in [3.63, 3.8) is 0 Å². The molecule has 1 aliphatic carbocycles. The van der Waals surface area contributed by atoms with Gasteiger partial charge in [-0.15, -0.1) is 0 Å². The number of nitrogen functional groups attached to an aromatic ring is 1. The van der Waals surface area contributed by atoms with Gasteiger partial charge in [0.15, 0.2) is 0 Å². The van der Waals surface area contributed by atoms with Gasteiger partial charge in [0.2, 0.25) is 10.0 Å². The highest BCUT2D eigenvalue weighted by Gasteiger charge is 2.42. The molecule has 2 atom stereocenters. The van der Waals surface area contributed by atoms with Crippen LogP contribution in [-0.2, 0) is 10.0 Å². The van der Waals surface area contributed by atoms with Gasteiger partial charge in [-0.3, -0.25) is 0 Å². The van der Waals surface area contributed by atoms with Gasteiger partial charge in [-0.25, -0.2) is 13.4 Å². The number of hydrogen-bond donors (Lipinski definition) is 1. The van der Waals surface area contributed by atoms with Crippen LogP contribution in [0.2, 0.25) is 0 Å². The lowest BCUT2D eigenvalue weighted by Crippen LogP contribution is -2.39. The maximum absolute atomic E-state index is 12.7. The minimum atomic E-state index is -3.49. The van der Waals surface area contributed by atoms with E-state index in [0.29, 0.717) is 12.5 Å². The Bertz CT molecular complexity index is 573. The van der Waals surface area contributed by atoms with Crippen molar-refractivity contribution >= 4 is 15.8 Å². The Morgan fingerprint density at radius 3 is 2.84 bits per heavy atom. The number of pyridine rings is 1. The minimum Gasteiger partial charge on any atom is -0.383 e. The molecule has 0 amide bonds. The van der Waals surface area contributed by atoms with Crippen molar-refractivity contribution in [2.24, 2.45) is 5.92 Å². The zero-order valence-corrected chi connectivity index (χ0v) is 11.6. The van der Waals surface area contributed by atoms with Crippen molar-refractivity contribution in [2.45, 2.75) is 43.0 Å². The van der Waals surface area contributed by atoms with Crippen LogP contribution in [0.5, 0.6) is 0 Å². The molecule has 0 spiro atoms. The Morgan fingerprint density at radius 2 is 2.05 bits per heavy atom. The lowest BCUT2D eigenvalue weighted by atomic mass is 9.86. The molecule has 19 heavy (non-hydrogen) atoms.